The second kappa shape index (κ2) is 8.17. The maximum Gasteiger partial charge on any atom is 0.222 e. The number of nitrogens with one attached hydrogen (secondary N) is 1. The average Bonchev–Trinajstić information content (AvgIpc) is 2.71. The van der Waals surface area contributed by atoms with Gasteiger partial charge < -0.3 is 10.4 Å². The molecule has 0 saturated carbocycles. The van der Waals surface area contributed by atoms with Gasteiger partial charge in [0.1, 0.15) is 0 Å². The third kappa shape index (κ3) is 4.42. The monoisotopic (exact) mass is 278 g/mol. The number of rotatable bonds is 6. The number of hydrogen-bond acceptors (Lipinski definition) is 5. The molecule has 1 atom stereocenters. The van der Waals surface area contributed by atoms with Gasteiger partial charge in [-0.2, -0.15) is 0 Å². The van der Waals surface area contributed by atoms with Gasteiger partial charge in [-0.3, -0.25) is 4.90 Å². The fourth-order valence-electron chi connectivity index (χ4n) is 2.65. The molecule has 5 heteroatoms. The zero-order valence-electron chi connectivity index (χ0n) is 12.4. The Morgan fingerprint density at radius 1 is 1.30 bits per heavy atom. The lowest BCUT2D eigenvalue weighted by molar-refractivity contribution is 0.118. The summed E-state index contributed by atoms with van der Waals surface area (Å²) in [6, 6.07) is 0.287. The highest BCUT2D eigenvalue weighted by Gasteiger charge is 2.20. The maximum absolute atomic E-state index is 9.52. The number of likely N-dealkylation sites (tertiary alicyclic amines) is 1. The first-order valence-corrected chi connectivity index (χ1v) is 7.73. The SMILES string of the molecule is CCCNc1ncc(CN2CCCCCC2CO)cn1. The summed E-state index contributed by atoms with van der Waals surface area (Å²) in [5.41, 5.74) is 1.12. The van der Waals surface area contributed by atoms with E-state index in [1.54, 1.807) is 0 Å². The lowest BCUT2D eigenvalue weighted by Crippen LogP contribution is -2.36. The van der Waals surface area contributed by atoms with Crippen LogP contribution in [-0.2, 0) is 6.54 Å². The molecule has 1 aliphatic heterocycles. The molecular weight excluding hydrogens is 252 g/mol. The summed E-state index contributed by atoms with van der Waals surface area (Å²) >= 11 is 0. The van der Waals surface area contributed by atoms with Crippen LogP contribution in [0.1, 0.15) is 44.6 Å². The van der Waals surface area contributed by atoms with Crippen molar-refractivity contribution < 1.29 is 5.11 Å². The van der Waals surface area contributed by atoms with Gasteiger partial charge in [-0.15, -0.1) is 0 Å². The van der Waals surface area contributed by atoms with Crippen molar-refractivity contribution in [3.8, 4) is 0 Å². The first-order valence-electron chi connectivity index (χ1n) is 7.73. The molecule has 1 aromatic heterocycles. The molecular formula is C15H26N4O. The molecule has 0 bridgehead atoms. The van der Waals surface area contributed by atoms with Gasteiger partial charge in [0.2, 0.25) is 5.95 Å². The molecule has 1 aromatic rings. The van der Waals surface area contributed by atoms with E-state index in [0.717, 1.165) is 38.0 Å². The minimum atomic E-state index is 0.247. The number of hydrogen-bond donors (Lipinski definition) is 2. The summed E-state index contributed by atoms with van der Waals surface area (Å²) in [5.74, 6) is 0.699. The van der Waals surface area contributed by atoms with E-state index in [9.17, 15) is 5.11 Å². The summed E-state index contributed by atoms with van der Waals surface area (Å²) in [6.07, 6.45) is 9.65. The minimum absolute atomic E-state index is 0.247. The molecule has 1 unspecified atom stereocenters. The van der Waals surface area contributed by atoms with Gasteiger partial charge in [0.25, 0.3) is 0 Å². The summed E-state index contributed by atoms with van der Waals surface area (Å²) in [4.78, 5) is 11.1. The van der Waals surface area contributed by atoms with Crippen LogP contribution in [0, 0.1) is 0 Å². The highest BCUT2D eigenvalue weighted by Crippen LogP contribution is 2.18. The summed E-state index contributed by atoms with van der Waals surface area (Å²) in [6.45, 7) is 5.16. The molecule has 0 spiro atoms. The second-order valence-electron chi connectivity index (χ2n) is 5.50. The predicted molar refractivity (Wildman–Crippen MR) is 80.6 cm³/mol. The van der Waals surface area contributed by atoms with Crippen molar-refractivity contribution in [2.45, 2.75) is 51.6 Å². The molecule has 0 aromatic carbocycles. The normalized spacial score (nSPS) is 20.6. The predicted octanol–water partition coefficient (Wildman–Crippen LogP) is 2.04. The molecule has 2 heterocycles. The van der Waals surface area contributed by atoms with E-state index in [2.05, 4.69) is 27.1 Å². The Kier molecular flexibility index (Phi) is 6.21. The van der Waals surface area contributed by atoms with Crippen LogP contribution in [-0.4, -0.2) is 45.7 Å². The van der Waals surface area contributed by atoms with Gasteiger partial charge in [0, 0.05) is 37.1 Å². The molecule has 0 radical (unpaired) electrons. The zero-order valence-corrected chi connectivity index (χ0v) is 12.4. The molecule has 1 saturated heterocycles. The van der Waals surface area contributed by atoms with Gasteiger partial charge in [-0.25, -0.2) is 9.97 Å². The van der Waals surface area contributed by atoms with Crippen molar-refractivity contribution >= 4 is 5.95 Å². The van der Waals surface area contributed by atoms with E-state index in [0.29, 0.717) is 5.95 Å². The second-order valence-corrected chi connectivity index (χ2v) is 5.50. The standard InChI is InChI=1S/C15H26N4O/c1-2-7-16-15-17-9-13(10-18-15)11-19-8-5-3-4-6-14(19)12-20/h9-10,14,20H,2-8,11-12H2,1H3,(H,16,17,18). The van der Waals surface area contributed by atoms with Crippen LogP contribution in [0.3, 0.4) is 0 Å². The largest absolute Gasteiger partial charge is 0.395 e. The Bertz CT molecular complexity index is 382. The first-order chi connectivity index (χ1) is 9.83. The highest BCUT2D eigenvalue weighted by molar-refractivity contribution is 5.24. The van der Waals surface area contributed by atoms with Gasteiger partial charge >= 0.3 is 0 Å². The Morgan fingerprint density at radius 2 is 2.10 bits per heavy atom. The zero-order chi connectivity index (χ0) is 14.2. The lowest BCUT2D eigenvalue weighted by Gasteiger charge is -2.28. The summed E-state index contributed by atoms with van der Waals surface area (Å²) < 4.78 is 0. The van der Waals surface area contributed by atoms with Crippen molar-refractivity contribution in [2.24, 2.45) is 0 Å². The maximum atomic E-state index is 9.52. The van der Waals surface area contributed by atoms with Crippen LogP contribution in [0.15, 0.2) is 12.4 Å². The Balaban J connectivity index is 1.93. The van der Waals surface area contributed by atoms with Gasteiger partial charge in [-0.1, -0.05) is 19.8 Å². The van der Waals surface area contributed by atoms with Crippen molar-refractivity contribution in [3.63, 3.8) is 0 Å². The van der Waals surface area contributed by atoms with E-state index in [1.165, 1.54) is 19.3 Å². The van der Waals surface area contributed by atoms with E-state index in [1.807, 2.05) is 12.4 Å². The van der Waals surface area contributed by atoms with E-state index in [4.69, 9.17) is 0 Å². The Morgan fingerprint density at radius 3 is 2.80 bits per heavy atom. The molecule has 1 fully saturated rings. The topological polar surface area (TPSA) is 61.3 Å². The van der Waals surface area contributed by atoms with Crippen molar-refractivity contribution in [3.05, 3.63) is 18.0 Å². The van der Waals surface area contributed by atoms with E-state index >= 15 is 0 Å². The van der Waals surface area contributed by atoms with E-state index in [-0.39, 0.29) is 12.6 Å². The van der Waals surface area contributed by atoms with Crippen molar-refractivity contribution in [1.82, 2.24) is 14.9 Å². The number of aromatic nitrogens is 2. The molecule has 2 N–H and O–H groups in total. The Hall–Kier alpha value is -1.20. The molecule has 20 heavy (non-hydrogen) atoms. The van der Waals surface area contributed by atoms with Crippen LogP contribution in [0.2, 0.25) is 0 Å². The van der Waals surface area contributed by atoms with Crippen molar-refractivity contribution in [1.29, 1.82) is 0 Å². The molecule has 0 amide bonds. The molecule has 0 aliphatic carbocycles. The van der Waals surface area contributed by atoms with Crippen LogP contribution >= 0.6 is 0 Å². The van der Waals surface area contributed by atoms with Gasteiger partial charge in [0.15, 0.2) is 0 Å². The fourth-order valence-corrected chi connectivity index (χ4v) is 2.65. The van der Waals surface area contributed by atoms with Crippen LogP contribution in [0.25, 0.3) is 0 Å². The van der Waals surface area contributed by atoms with Crippen LogP contribution in [0.4, 0.5) is 5.95 Å². The van der Waals surface area contributed by atoms with E-state index < -0.39 is 0 Å². The quantitative estimate of drug-likeness (QED) is 0.834. The lowest BCUT2D eigenvalue weighted by atomic mass is 10.1. The third-order valence-electron chi connectivity index (χ3n) is 3.83. The number of nitrogens with zero attached hydrogens (tertiary/aromatic N) is 3. The Labute approximate surface area is 121 Å². The fraction of sp³-hybridized carbons (Fsp3) is 0.733. The number of aliphatic hydroxyl groups excluding tert-OH is 1. The molecule has 112 valence electrons. The third-order valence-corrected chi connectivity index (χ3v) is 3.83. The number of anilines is 1. The molecule has 5 nitrogen and oxygen atoms in total. The molecule has 1 aliphatic rings. The summed E-state index contributed by atoms with van der Waals surface area (Å²) in [7, 11) is 0. The minimum Gasteiger partial charge on any atom is -0.395 e. The van der Waals surface area contributed by atoms with Crippen LogP contribution in [0.5, 0.6) is 0 Å². The van der Waals surface area contributed by atoms with Crippen LogP contribution < -0.4 is 5.32 Å². The van der Waals surface area contributed by atoms with Crippen molar-refractivity contribution in [2.75, 3.05) is 25.0 Å². The van der Waals surface area contributed by atoms with Gasteiger partial charge in [0.05, 0.1) is 6.61 Å². The first kappa shape index (κ1) is 15.2. The number of aliphatic hydroxyl groups is 1. The average molecular weight is 278 g/mol. The summed E-state index contributed by atoms with van der Waals surface area (Å²) in [5, 5.41) is 12.7. The van der Waals surface area contributed by atoms with Gasteiger partial charge in [-0.05, 0) is 25.8 Å². The smallest absolute Gasteiger partial charge is 0.222 e. The molecule has 2 rings (SSSR count). The highest BCUT2D eigenvalue weighted by atomic mass is 16.3.